The standard InChI is InChI=1S/C44H30N4/c1-4-12-31(13-5-1)33-20-22-35(23-21-33)43-46-30-47-44(48-43)39-27-37(32-14-6-2-7-15-32)26-38(28-39)36-24-25-42(45-29-36)41-19-11-10-18-40(41)34-16-8-3-9-17-34/h1-30H. The lowest BCUT2D eigenvalue weighted by atomic mass is 9.95. The molecule has 2 heterocycles. The van der Waals surface area contributed by atoms with E-state index in [1.54, 1.807) is 6.33 Å². The minimum absolute atomic E-state index is 0.618. The first-order chi connectivity index (χ1) is 23.8. The molecule has 0 atom stereocenters. The van der Waals surface area contributed by atoms with E-state index in [2.05, 4.69) is 162 Å². The quantitative estimate of drug-likeness (QED) is 0.179. The molecule has 226 valence electrons. The lowest BCUT2D eigenvalue weighted by molar-refractivity contribution is 1.07. The van der Waals surface area contributed by atoms with Gasteiger partial charge in [0.25, 0.3) is 0 Å². The molecule has 0 fully saturated rings. The highest BCUT2D eigenvalue weighted by Crippen LogP contribution is 2.35. The smallest absolute Gasteiger partial charge is 0.163 e. The summed E-state index contributed by atoms with van der Waals surface area (Å²) in [7, 11) is 0. The van der Waals surface area contributed by atoms with Gasteiger partial charge < -0.3 is 0 Å². The molecule has 0 aliphatic rings. The zero-order valence-electron chi connectivity index (χ0n) is 26.1. The third-order valence-electron chi connectivity index (χ3n) is 8.51. The van der Waals surface area contributed by atoms with Crippen LogP contribution in [-0.4, -0.2) is 19.9 Å². The topological polar surface area (TPSA) is 51.6 Å². The minimum Gasteiger partial charge on any atom is -0.256 e. The largest absolute Gasteiger partial charge is 0.256 e. The summed E-state index contributed by atoms with van der Waals surface area (Å²) >= 11 is 0. The molecule has 4 nitrogen and oxygen atoms in total. The average molecular weight is 615 g/mol. The van der Waals surface area contributed by atoms with E-state index in [4.69, 9.17) is 9.97 Å². The van der Waals surface area contributed by atoms with Gasteiger partial charge in [0.15, 0.2) is 11.6 Å². The molecule has 0 saturated carbocycles. The number of pyridine rings is 1. The highest BCUT2D eigenvalue weighted by Gasteiger charge is 2.13. The van der Waals surface area contributed by atoms with Gasteiger partial charge in [0.05, 0.1) is 5.69 Å². The van der Waals surface area contributed by atoms with Crippen molar-refractivity contribution < 1.29 is 0 Å². The second kappa shape index (κ2) is 13.1. The maximum Gasteiger partial charge on any atom is 0.163 e. The van der Waals surface area contributed by atoms with Crippen LogP contribution >= 0.6 is 0 Å². The van der Waals surface area contributed by atoms with Crippen LogP contribution in [0, 0.1) is 0 Å². The maximum atomic E-state index is 4.96. The van der Waals surface area contributed by atoms with Crippen molar-refractivity contribution >= 4 is 0 Å². The molecule has 0 amide bonds. The fourth-order valence-electron chi connectivity index (χ4n) is 6.04. The molecular weight excluding hydrogens is 585 g/mol. The zero-order chi connectivity index (χ0) is 32.1. The monoisotopic (exact) mass is 614 g/mol. The minimum atomic E-state index is 0.618. The van der Waals surface area contributed by atoms with Crippen LogP contribution in [0.4, 0.5) is 0 Å². The van der Waals surface area contributed by atoms with Gasteiger partial charge in [-0.2, -0.15) is 0 Å². The Morgan fingerprint density at radius 1 is 0.292 bits per heavy atom. The van der Waals surface area contributed by atoms with Gasteiger partial charge in [0.2, 0.25) is 0 Å². The summed E-state index contributed by atoms with van der Waals surface area (Å²) in [4.78, 5) is 19.1. The first-order valence-corrected chi connectivity index (χ1v) is 16.0. The van der Waals surface area contributed by atoms with Gasteiger partial charge >= 0.3 is 0 Å². The molecule has 8 aromatic rings. The molecule has 4 heteroatoms. The van der Waals surface area contributed by atoms with Gasteiger partial charge in [-0.05, 0) is 63.2 Å². The fraction of sp³-hybridized carbons (Fsp3) is 0. The Kier molecular flexibility index (Phi) is 7.87. The van der Waals surface area contributed by atoms with Crippen LogP contribution in [0.5, 0.6) is 0 Å². The van der Waals surface area contributed by atoms with Crippen LogP contribution in [-0.2, 0) is 0 Å². The number of hydrogen-bond donors (Lipinski definition) is 0. The number of aromatic nitrogens is 4. The first kappa shape index (κ1) is 28.9. The fourth-order valence-corrected chi connectivity index (χ4v) is 6.04. The Morgan fingerprint density at radius 2 is 0.750 bits per heavy atom. The molecule has 0 radical (unpaired) electrons. The predicted molar refractivity (Wildman–Crippen MR) is 196 cm³/mol. The van der Waals surface area contributed by atoms with Crippen molar-refractivity contribution in [1.29, 1.82) is 0 Å². The van der Waals surface area contributed by atoms with Crippen LogP contribution in [0.3, 0.4) is 0 Å². The molecule has 0 spiro atoms. The van der Waals surface area contributed by atoms with Crippen molar-refractivity contribution in [3.05, 3.63) is 182 Å². The van der Waals surface area contributed by atoms with Gasteiger partial charge in [-0.3, -0.25) is 4.98 Å². The Hall–Kier alpha value is -6.52. The Morgan fingerprint density at radius 3 is 1.38 bits per heavy atom. The summed E-state index contributed by atoms with van der Waals surface area (Å²) < 4.78 is 0. The predicted octanol–water partition coefficient (Wildman–Crippen LogP) is 10.9. The average Bonchev–Trinajstić information content (AvgIpc) is 3.19. The third-order valence-corrected chi connectivity index (χ3v) is 8.51. The summed E-state index contributed by atoms with van der Waals surface area (Å²) in [6, 6.07) is 58.7. The summed E-state index contributed by atoms with van der Waals surface area (Å²) in [5, 5.41) is 0. The van der Waals surface area contributed by atoms with Crippen LogP contribution in [0.15, 0.2) is 182 Å². The van der Waals surface area contributed by atoms with E-state index in [0.717, 1.165) is 55.8 Å². The van der Waals surface area contributed by atoms with E-state index in [0.29, 0.717) is 11.6 Å². The second-order valence-electron chi connectivity index (χ2n) is 11.6. The molecule has 0 bridgehead atoms. The van der Waals surface area contributed by atoms with E-state index < -0.39 is 0 Å². The van der Waals surface area contributed by atoms with Gasteiger partial charge in [-0.1, -0.05) is 146 Å². The highest BCUT2D eigenvalue weighted by atomic mass is 15.0. The molecule has 0 N–H and O–H groups in total. The maximum absolute atomic E-state index is 4.96. The normalized spacial score (nSPS) is 10.9. The van der Waals surface area contributed by atoms with Crippen molar-refractivity contribution in [2.75, 3.05) is 0 Å². The summed E-state index contributed by atoms with van der Waals surface area (Å²) in [6.45, 7) is 0. The van der Waals surface area contributed by atoms with Gasteiger partial charge in [-0.25, -0.2) is 15.0 Å². The molecule has 6 aromatic carbocycles. The number of benzene rings is 6. The van der Waals surface area contributed by atoms with Crippen molar-refractivity contribution in [2.24, 2.45) is 0 Å². The summed E-state index contributed by atoms with van der Waals surface area (Å²) in [5.41, 5.74) is 12.8. The molecule has 2 aromatic heterocycles. The van der Waals surface area contributed by atoms with Gasteiger partial charge in [-0.15, -0.1) is 0 Å². The van der Waals surface area contributed by atoms with Gasteiger partial charge in [0, 0.05) is 28.5 Å². The van der Waals surface area contributed by atoms with Crippen molar-refractivity contribution in [2.45, 2.75) is 0 Å². The lowest BCUT2D eigenvalue weighted by Crippen LogP contribution is -1.96. The van der Waals surface area contributed by atoms with Crippen LogP contribution < -0.4 is 0 Å². The van der Waals surface area contributed by atoms with E-state index in [9.17, 15) is 0 Å². The number of hydrogen-bond acceptors (Lipinski definition) is 4. The van der Waals surface area contributed by atoms with E-state index >= 15 is 0 Å². The summed E-state index contributed by atoms with van der Waals surface area (Å²) in [5.74, 6) is 1.25. The third kappa shape index (κ3) is 6.03. The molecule has 48 heavy (non-hydrogen) atoms. The van der Waals surface area contributed by atoms with E-state index in [-0.39, 0.29) is 0 Å². The summed E-state index contributed by atoms with van der Waals surface area (Å²) in [6.07, 6.45) is 3.55. The van der Waals surface area contributed by atoms with Crippen molar-refractivity contribution in [3.63, 3.8) is 0 Å². The van der Waals surface area contributed by atoms with Crippen molar-refractivity contribution in [3.8, 4) is 78.5 Å². The Labute approximate surface area is 280 Å². The molecule has 0 saturated heterocycles. The first-order valence-electron chi connectivity index (χ1n) is 16.0. The van der Waals surface area contributed by atoms with E-state index in [1.807, 2.05) is 24.4 Å². The second-order valence-corrected chi connectivity index (χ2v) is 11.6. The Balaban J connectivity index is 1.16. The number of nitrogens with zero attached hydrogens (tertiary/aromatic N) is 4. The molecule has 0 unspecified atom stereocenters. The number of rotatable bonds is 7. The molecular formula is C44H30N4. The SMILES string of the molecule is c1ccc(-c2ccc(-c3ncnc(-c4cc(-c5ccccc5)cc(-c5ccc(-c6ccccc6-c6ccccc6)nc5)c4)n3)cc2)cc1. The van der Waals surface area contributed by atoms with Crippen LogP contribution in [0.2, 0.25) is 0 Å². The van der Waals surface area contributed by atoms with E-state index in [1.165, 1.54) is 11.1 Å². The van der Waals surface area contributed by atoms with Crippen molar-refractivity contribution in [1.82, 2.24) is 19.9 Å². The molecule has 0 aliphatic carbocycles. The van der Waals surface area contributed by atoms with Gasteiger partial charge in [0.1, 0.15) is 6.33 Å². The van der Waals surface area contributed by atoms with Crippen LogP contribution in [0.25, 0.3) is 78.5 Å². The Bertz CT molecular complexity index is 2300. The highest BCUT2D eigenvalue weighted by molar-refractivity contribution is 5.84. The van der Waals surface area contributed by atoms with Crippen LogP contribution in [0.1, 0.15) is 0 Å². The zero-order valence-corrected chi connectivity index (χ0v) is 26.1. The molecule has 8 rings (SSSR count). The molecule has 0 aliphatic heterocycles. The lowest BCUT2D eigenvalue weighted by Gasteiger charge is -2.12.